The highest BCUT2D eigenvalue weighted by Gasteiger charge is 2.29. The second-order valence-electron chi connectivity index (χ2n) is 4.37. The molecule has 1 aliphatic rings. The number of rotatable bonds is 2. The molecule has 1 aliphatic heterocycles. The Labute approximate surface area is 109 Å². The van der Waals surface area contributed by atoms with Crippen LogP contribution in [0, 0.1) is 5.82 Å². The maximum Gasteiger partial charge on any atom is 0.139 e. The number of nitrogens with zero attached hydrogens (tertiary/aromatic N) is 1. The Balaban J connectivity index is 2.30. The van der Waals surface area contributed by atoms with Gasteiger partial charge in [0.25, 0.3) is 0 Å². The van der Waals surface area contributed by atoms with Gasteiger partial charge in [-0.15, -0.1) is 0 Å². The lowest BCUT2D eigenvalue weighted by Crippen LogP contribution is -2.37. The number of benzene rings is 1. The second-order valence-corrected chi connectivity index (χ2v) is 5.22. The summed E-state index contributed by atoms with van der Waals surface area (Å²) in [5, 5.41) is 0. The fourth-order valence-corrected chi connectivity index (χ4v) is 2.60. The van der Waals surface area contributed by atoms with E-state index in [1.54, 1.807) is 6.07 Å². The third-order valence-electron chi connectivity index (χ3n) is 3.28. The van der Waals surface area contributed by atoms with Crippen molar-refractivity contribution in [1.82, 2.24) is 0 Å². The summed E-state index contributed by atoms with van der Waals surface area (Å²) in [6.07, 6.45) is 1.13. The summed E-state index contributed by atoms with van der Waals surface area (Å²) in [5.41, 5.74) is 7.15. The summed E-state index contributed by atoms with van der Waals surface area (Å²) >= 11 is 3.18. The number of anilines is 2. The molecule has 94 valence electrons. The van der Waals surface area contributed by atoms with Crippen molar-refractivity contribution in [3.8, 4) is 0 Å². The number of nitrogens with two attached hydrogens (primary N) is 1. The molecular weight excluding hydrogens is 287 g/mol. The summed E-state index contributed by atoms with van der Waals surface area (Å²) in [5.74, 6) is -0.338. The van der Waals surface area contributed by atoms with Crippen LogP contribution >= 0.6 is 15.9 Å². The summed E-state index contributed by atoms with van der Waals surface area (Å²) in [4.78, 5) is 2.07. The molecule has 0 aliphatic carbocycles. The minimum Gasteiger partial charge on any atom is -0.397 e. The summed E-state index contributed by atoms with van der Waals surface area (Å²) in [7, 11) is 1.96. The van der Waals surface area contributed by atoms with Crippen molar-refractivity contribution in [2.75, 3.05) is 24.3 Å². The minimum absolute atomic E-state index is 0.170. The van der Waals surface area contributed by atoms with Gasteiger partial charge in [-0.25, -0.2) is 4.39 Å². The van der Waals surface area contributed by atoms with E-state index >= 15 is 0 Å². The zero-order chi connectivity index (χ0) is 12.6. The van der Waals surface area contributed by atoms with Crippen LogP contribution in [-0.2, 0) is 4.74 Å². The van der Waals surface area contributed by atoms with E-state index in [0.717, 1.165) is 18.7 Å². The Morgan fingerprint density at radius 2 is 2.24 bits per heavy atom. The van der Waals surface area contributed by atoms with Gasteiger partial charge in [0.15, 0.2) is 0 Å². The zero-order valence-electron chi connectivity index (χ0n) is 9.91. The second kappa shape index (κ2) is 4.82. The van der Waals surface area contributed by atoms with Crippen LogP contribution in [0.2, 0.25) is 0 Å². The van der Waals surface area contributed by atoms with Crippen LogP contribution in [-0.4, -0.2) is 25.8 Å². The molecule has 0 amide bonds. The Morgan fingerprint density at radius 1 is 1.53 bits per heavy atom. The molecule has 0 bridgehead atoms. The SMILES string of the molecule is CC1OCCC1N(C)c1cc(Br)c(F)cc1N. The van der Waals surface area contributed by atoms with E-state index < -0.39 is 0 Å². The molecule has 2 atom stereocenters. The predicted octanol–water partition coefficient (Wildman–Crippen LogP) is 2.78. The molecule has 1 heterocycles. The molecule has 2 N–H and O–H groups in total. The first kappa shape index (κ1) is 12.6. The number of nitrogen functional groups attached to an aromatic ring is 1. The van der Waals surface area contributed by atoms with Crippen LogP contribution in [0.1, 0.15) is 13.3 Å². The van der Waals surface area contributed by atoms with Crippen molar-refractivity contribution in [2.24, 2.45) is 0 Å². The Hall–Kier alpha value is -0.810. The minimum atomic E-state index is -0.338. The average Bonchev–Trinajstić information content (AvgIpc) is 2.69. The van der Waals surface area contributed by atoms with Crippen molar-refractivity contribution in [2.45, 2.75) is 25.5 Å². The maximum atomic E-state index is 13.3. The largest absolute Gasteiger partial charge is 0.397 e. The van der Waals surface area contributed by atoms with Gasteiger partial charge in [-0.3, -0.25) is 0 Å². The highest BCUT2D eigenvalue weighted by Crippen LogP contribution is 2.32. The highest BCUT2D eigenvalue weighted by atomic mass is 79.9. The van der Waals surface area contributed by atoms with Gasteiger partial charge >= 0.3 is 0 Å². The average molecular weight is 303 g/mol. The van der Waals surface area contributed by atoms with Crippen LogP contribution < -0.4 is 10.6 Å². The van der Waals surface area contributed by atoms with Crippen molar-refractivity contribution >= 4 is 27.3 Å². The fourth-order valence-electron chi connectivity index (χ4n) is 2.26. The number of halogens is 2. The highest BCUT2D eigenvalue weighted by molar-refractivity contribution is 9.10. The van der Waals surface area contributed by atoms with Crippen molar-refractivity contribution in [3.63, 3.8) is 0 Å². The van der Waals surface area contributed by atoms with Gasteiger partial charge in [0.1, 0.15) is 5.82 Å². The van der Waals surface area contributed by atoms with Crippen molar-refractivity contribution in [1.29, 1.82) is 0 Å². The molecular formula is C12H16BrFN2O. The third-order valence-corrected chi connectivity index (χ3v) is 3.89. The van der Waals surface area contributed by atoms with Crippen LogP contribution in [0.25, 0.3) is 0 Å². The van der Waals surface area contributed by atoms with Gasteiger partial charge in [0, 0.05) is 19.7 Å². The number of hydrogen-bond donors (Lipinski definition) is 1. The van der Waals surface area contributed by atoms with Crippen LogP contribution in [0.3, 0.4) is 0 Å². The first-order valence-electron chi connectivity index (χ1n) is 5.59. The third kappa shape index (κ3) is 2.40. The molecule has 5 heteroatoms. The topological polar surface area (TPSA) is 38.5 Å². The summed E-state index contributed by atoms with van der Waals surface area (Å²) < 4.78 is 19.3. The first-order valence-corrected chi connectivity index (χ1v) is 6.39. The molecule has 0 saturated carbocycles. The van der Waals surface area contributed by atoms with E-state index in [0.29, 0.717) is 10.2 Å². The van der Waals surface area contributed by atoms with E-state index in [1.165, 1.54) is 6.07 Å². The fraction of sp³-hybridized carbons (Fsp3) is 0.500. The molecule has 2 unspecified atom stereocenters. The van der Waals surface area contributed by atoms with Crippen LogP contribution in [0.15, 0.2) is 16.6 Å². The molecule has 1 aromatic carbocycles. The molecule has 0 spiro atoms. The molecule has 3 nitrogen and oxygen atoms in total. The standard InChI is InChI=1S/C12H16BrFN2O/c1-7-11(3-4-17-7)16(2)12-5-8(13)9(14)6-10(12)15/h5-7,11H,3-4,15H2,1-2H3. The van der Waals surface area contributed by atoms with E-state index in [4.69, 9.17) is 10.5 Å². The molecule has 1 aromatic rings. The van der Waals surface area contributed by atoms with E-state index in [1.807, 2.05) is 14.0 Å². The molecule has 0 radical (unpaired) electrons. The monoisotopic (exact) mass is 302 g/mol. The Kier molecular flexibility index (Phi) is 3.58. The van der Waals surface area contributed by atoms with Gasteiger partial charge in [0.05, 0.1) is 28.0 Å². The number of ether oxygens (including phenoxy) is 1. The quantitative estimate of drug-likeness (QED) is 0.854. The van der Waals surface area contributed by atoms with E-state index in [-0.39, 0.29) is 18.0 Å². The molecule has 17 heavy (non-hydrogen) atoms. The lowest BCUT2D eigenvalue weighted by molar-refractivity contribution is 0.118. The number of likely N-dealkylation sites (N-methyl/N-ethyl adjacent to an activating group) is 1. The summed E-state index contributed by atoms with van der Waals surface area (Å²) in [6.45, 7) is 2.81. The predicted molar refractivity (Wildman–Crippen MR) is 70.7 cm³/mol. The Morgan fingerprint density at radius 3 is 2.82 bits per heavy atom. The van der Waals surface area contributed by atoms with Crippen molar-refractivity contribution < 1.29 is 9.13 Å². The molecule has 0 aromatic heterocycles. The van der Waals surface area contributed by atoms with Gasteiger partial charge < -0.3 is 15.4 Å². The number of hydrogen-bond acceptors (Lipinski definition) is 3. The van der Waals surface area contributed by atoms with Gasteiger partial charge in [-0.05, 0) is 35.3 Å². The molecule has 2 rings (SSSR count). The smallest absolute Gasteiger partial charge is 0.139 e. The maximum absolute atomic E-state index is 13.3. The molecule has 1 saturated heterocycles. The normalized spacial score (nSPS) is 24.0. The van der Waals surface area contributed by atoms with Crippen LogP contribution in [0.5, 0.6) is 0 Å². The lowest BCUT2D eigenvalue weighted by Gasteiger charge is -2.30. The first-order chi connectivity index (χ1) is 8.00. The van der Waals surface area contributed by atoms with Gasteiger partial charge in [-0.1, -0.05) is 0 Å². The summed E-state index contributed by atoms with van der Waals surface area (Å²) in [6, 6.07) is 3.35. The zero-order valence-corrected chi connectivity index (χ0v) is 11.5. The van der Waals surface area contributed by atoms with E-state index in [9.17, 15) is 4.39 Å². The van der Waals surface area contributed by atoms with Gasteiger partial charge in [-0.2, -0.15) is 0 Å². The van der Waals surface area contributed by atoms with Crippen molar-refractivity contribution in [3.05, 3.63) is 22.4 Å². The van der Waals surface area contributed by atoms with E-state index in [2.05, 4.69) is 20.8 Å². The Bertz CT molecular complexity index is 427. The van der Waals surface area contributed by atoms with Gasteiger partial charge in [0.2, 0.25) is 0 Å². The molecule has 1 fully saturated rings. The lowest BCUT2D eigenvalue weighted by atomic mass is 10.1. The van der Waals surface area contributed by atoms with Crippen LogP contribution in [0.4, 0.5) is 15.8 Å².